The first-order valence-corrected chi connectivity index (χ1v) is 13.1. The maximum Gasteiger partial charge on any atom is 0.410 e. The van der Waals surface area contributed by atoms with Crippen LogP contribution in [0.2, 0.25) is 0 Å². The van der Waals surface area contributed by atoms with Crippen molar-refractivity contribution in [2.45, 2.75) is 45.6 Å². The summed E-state index contributed by atoms with van der Waals surface area (Å²) in [6.07, 6.45) is 5.68. The second kappa shape index (κ2) is 9.85. The van der Waals surface area contributed by atoms with Gasteiger partial charge in [-0.05, 0) is 79.7 Å². The number of fused-ring (bicyclic) bond motifs is 1. The molecule has 2 fully saturated rings. The van der Waals surface area contributed by atoms with Gasteiger partial charge >= 0.3 is 6.09 Å². The zero-order valence-electron chi connectivity index (χ0n) is 19.4. The molecule has 0 spiro atoms. The van der Waals surface area contributed by atoms with E-state index in [2.05, 4.69) is 16.3 Å². The minimum absolute atomic E-state index is 0.0484. The lowest BCUT2D eigenvalue weighted by atomic mass is 10.0. The monoisotopic (exact) mass is 467 g/mol. The van der Waals surface area contributed by atoms with Gasteiger partial charge in [0.1, 0.15) is 6.61 Å². The molecule has 0 radical (unpaired) electrons. The molecule has 2 amide bonds. The molecule has 1 saturated carbocycles. The Hall–Kier alpha value is -2.38. The van der Waals surface area contributed by atoms with E-state index >= 15 is 0 Å². The first-order chi connectivity index (χ1) is 16.1. The molecule has 7 heteroatoms. The average Bonchev–Trinajstić information content (AvgIpc) is 3.57. The third-order valence-corrected chi connectivity index (χ3v) is 8.05. The standard InChI is InChI=1S/C26H33N3O3S/c1-19-16-21(25(30)29-10-3-2-4-24-23(29)9-15-33-24)7-8-22(19)18-32-26(31)28-13-11-27(12-14-28)17-20-5-6-20/h7-9,15-16,20H,2-6,10-14,17-18H2,1H3. The number of hydrogen-bond acceptors (Lipinski definition) is 5. The van der Waals surface area contributed by atoms with Crippen molar-refractivity contribution in [2.75, 3.05) is 44.2 Å². The second-order valence-corrected chi connectivity index (χ2v) is 10.6. The Morgan fingerprint density at radius 3 is 2.64 bits per heavy atom. The highest BCUT2D eigenvalue weighted by atomic mass is 32.1. The van der Waals surface area contributed by atoms with E-state index in [4.69, 9.17) is 4.74 Å². The number of amides is 2. The van der Waals surface area contributed by atoms with Gasteiger partial charge in [0.05, 0.1) is 5.69 Å². The first kappa shape index (κ1) is 22.4. The fraction of sp³-hybridized carbons (Fsp3) is 0.538. The van der Waals surface area contributed by atoms with Gasteiger partial charge in [-0.2, -0.15) is 0 Å². The van der Waals surface area contributed by atoms with Gasteiger partial charge < -0.3 is 14.5 Å². The smallest absolute Gasteiger partial charge is 0.410 e. The number of carbonyl (C=O) groups excluding carboxylic acids is 2. The highest BCUT2D eigenvalue weighted by molar-refractivity contribution is 7.10. The summed E-state index contributed by atoms with van der Waals surface area (Å²) < 4.78 is 5.62. The molecule has 5 rings (SSSR count). The van der Waals surface area contributed by atoms with Gasteiger partial charge in [-0.1, -0.05) is 6.07 Å². The molecule has 1 saturated heterocycles. The lowest BCUT2D eigenvalue weighted by molar-refractivity contribution is 0.0705. The normalized spacial score (nSPS) is 19.2. The van der Waals surface area contributed by atoms with Crippen molar-refractivity contribution >= 4 is 29.0 Å². The second-order valence-electron chi connectivity index (χ2n) is 9.57. The predicted octanol–water partition coefficient (Wildman–Crippen LogP) is 4.70. The molecule has 0 N–H and O–H groups in total. The molecule has 0 bridgehead atoms. The average molecular weight is 468 g/mol. The topological polar surface area (TPSA) is 53.1 Å². The summed E-state index contributed by atoms with van der Waals surface area (Å²) in [5.74, 6) is 0.931. The Morgan fingerprint density at radius 2 is 1.88 bits per heavy atom. The largest absolute Gasteiger partial charge is 0.445 e. The lowest BCUT2D eigenvalue weighted by Gasteiger charge is -2.34. The van der Waals surface area contributed by atoms with Crippen molar-refractivity contribution < 1.29 is 14.3 Å². The molecule has 6 nitrogen and oxygen atoms in total. The quantitative estimate of drug-likeness (QED) is 0.639. The van der Waals surface area contributed by atoms with Crippen LogP contribution in [0.4, 0.5) is 10.5 Å². The molecule has 176 valence electrons. The molecule has 3 aliphatic rings. The van der Waals surface area contributed by atoms with E-state index in [1.165, 1.54) is 24.3 Å². The van der Waals surface area contributed by atoms with E-state index in [-0.39, 0.29) is 18.6 Å². The number of nitrogens with zero attached hydrogens (tertiary/aromatic N) is 3. The lowest BCUT2D eigenvalue weighted by Crippen LogP contribution is -2.49. The Morgan fingerprint density at radius 1 is 1.06 bits per heavy atom. The molecule has 1 aliphatic carbocycles. The Kier molecular flexibility index (Phi) is 6.69. The van der Waals surface area contributed by atoms with Crippen molar-refractivity contribution in [2.24, 2.45) is 5.92 Å². The number of thiophene rings is 1. The summed E-state index contributed by atoms with van der Waals surface area (Å²) in [6.45, 7) is 7.49. The molecular weight excluding hydrogens is 434 g/mol. The summed E-state index contributed by atoms with van der Waals surface area (Å²) in [5, 5.41) is 2.08. The molecular formula is C26H33N3O3S. The molecule has 0 atom stereocenters. The first-order valence-electron chi connectivity index (χ1n) is 12.2. The van der Waals surface area contributed by atoms with Gasteiger partial charge in [0.2, 0.25) is 0 Å². The fourth-order valence-electron chi connectivity index (χ4n) is 4.80. The number of piperazine rings is 1. The van der Waals surface area contributed by atoms with E-state index in [0.717, 1.165) is 74.7 Å². The SMILES string of the molecule is Cc1cc(C(=O)N2CCCCc3sccc32)ccc1COC(=O)N1CCN(CC2CC2)CC1. The Balaban J connectivity index is 1.16. The van der Waals surface area contributed by atoms with Crippen LogP contribution in [0.1, 0.15) is 52.0 Å². The van der Waals surface area contributed by atoms with E-state index in [0.29, 0.717) is 5.56 Å². The van der Waals surface area contributed by atoms with Crippen LogP contribution in [0.25, 0.3) is 0 Å². The van der Waals surface area contributed by atoms with Crippen LogP contribution < -0.4 is 4.90 Å². The van der Waals surface area contributed by atoms with Crippen LogP contribution in [0.3, 0.4) is 0 Å². The van der Waals surface area contributed by atoms with E-state index in [1.54, 1.807) is 11.3 Å². The van der Waals surface area contributed by atoms with Crippen LogP contribution in [-0.4, -0.2) is 61.1 Å². The number of rotatable bonds is 5. The fourth-order valence-corrected chi connectivity index (χ4v) is 5.73. The van der Waals surface area contributed by atoms with E-state index < -0.39 is 0 Å². The zero-order chi connectivity index (χ0) is 22.8. The van der Waals surface area contributed by atoms with Gasteiger partial charge in [0, 0.05) is 49.7 Å². The van der Waals surface area contributed by atoms with Gasteiger partial charge in [-0.25, -0.2) is 4.79 Å². The minimum atomic E-state index is -0.241. The molecule has 2 aromatic rings. The number of benzene rings is 1. The molecule has 3 heterocycles. The van der Waals surface area contributed by atoms with E-state index in [1.807, 2.05) is 34.9 Å². The van der Waals surface area contributed by atoms with Crippen molar-refractivity contribution in [1.29, 1.82) is 0 Å². The van der Waals surface area contributed by atoms with Crippen LogP contribution in [0.15, 0.2) is 29.6 Å². The summed E-state index contributed by atoms with van der Waals surface area (Å²) in [4.78, 5) is 33.3. The van der Waals surface area contributed by atoms with Crippen molar-refractivity contribution in [3.63, 3.8) is 0 Å². The number of ether oxygens (including phenoxy) is 1. The van der Waals surface area contributed by atoms with Crippen molar-refractivity contribution in [3.05, 3.63) is 51.2 Å². The molecule has 0 unspecified atom stereocenters. The Labute approximate surface area is 200 Å². The summed E-state index contributed by atoms with van der Waals surface area (Å²) >= 11 is 1.74. The maximum atomic E-state index is 13.3. The molecule has 2 aliphatic heterocycles. The summed E-state index contributed by atoms with van der Waals surface area (Å²) in [6, 6.07) is 7.79. The van der Waals surface area contributed by atoms with Gasteiger partial charge in [0.15, 0.2) is 0 Å². The highest BCUT2D eigenvalue weighted by Crippen LogP contribution is 2.32. The number of carbonyl (C=O) groups is 2. The van der Waals surface area contributed by atoms with Crippen LogP contribution >= 0.6 is 11.3 Å². The van der Waals surface area contributed by atoms with Gasteiger partial charge in [0.25, 0.3) is 5.91 Å². The van der Waals surface area contributed by atoms with Crippen LogP contribution in [-0.2, 0) is 17.8 Å². The van der Waals surface area contributed by atoms with Gasteiger partial charge in [-0.3, -0.25) is 9.69 Å². The number of aryl methyl sites for hydroxylation is 2. The minimum Gasteiger partial charge on any atom is -0.445 e. The summed E-state index contributed by atoms with van der Waals surface area (Å²) in [7, 11) is 0. The third-order valence-electron chi connectivity index (χ3n) is 7.08. The number of hydrogen-bond donors (Lipinski definition) is 0. The third kappa shape index (κ3) is 5.25. The Bertz CT molecular complexity index is 1010. The molecule has 1 aromatic heterocycles. The van der Waals surface area contributed by atoms with Crippen LogP contribution in [0.5, 0.6) is 0 Å². The van der Waals surface area contributed by atoms with Crippen molar-refractivity contribution in [1.82, 2.24) is 9.80 Å². The van der Waals surface area contributed by atoms with Crippen molar-refractivity contribution in [3.8, 4) is 0 Å². The van der Waals surface area contributed by atoms with Crippen LogP contribution in [0, 0.1) is 12.8 Å². The zero-order valence-corrected chi connectivity index (χ0v) is 20.2. The molecule has 33 heavy (non-hydrogen) atoms. The summed E-state index contributed by atoms with van der Waals surface area (Å²) in [5.41, 5.74) is 3.67. The predicted molar refractivity (Wildman–Crippen MR) is 131 cm³/mol. The highest BCUT2D eigenvalue weighted by Gasteiger charge is 2.28. The maximum absolute atomic E-state index is 13.3. The number of anilines is 1. The van der Waals surface area contributed by atoms with E-state index in [9.17, 15) is 9.59 Å². The van der Waals surface area contributed by atoms with Gasteiger partial charge in [-0.15, -0.1) is 11.3 Å². The molecule has 1 aromatic carbocycles.